The summed E-state index contributed by atoms with van der Waals surface area (Å²) in [4.78, 5) is 33.4. The van der Waals surface area contributed by atoms with Crippen LogP contribution in [0.3, 0.4) is 0 Å². The Kier molecular flexibility index (Phi) is 7.55. The van der Waals surface area contributed by atoms with Gasteiger partial charge in [0.1, 0.15) is 5.82 Å². The lowest BCUT2D eigenvalue weighted by atomic mass is 10.0. The molecule has 0 radical (unpaired) electrons. The number of nitrogens with two attached hydrogens (primary N) is 1. The Morgan fingerprint density at radius 2 is 1.90 bits per heavy atom. The first-order valence-electron chi connectivity index (χ1n) is 10.1. The molecule has 2 aromatic rings. The van der Waals surface area contributed by atoms with Crippen molar-refractivity contribution in [2.75, 3.05) is 5.73 Å². The molecule has 1 heterocycles. The van der Waals surface area contributed by atoms with Crippen LogP contribution in [0, 0.1) is 0 Å². The zero-order chi connectivity index (χ0) is 21.7. The van der Waals surface area contributed by atoms with Gasteiger partial charge in [-0.25, -0.2) is 14.8 Å². The van der Waals surface area contributed by atoms with E-state index in [9.17, 15) is 9.59 Å². The fourth-order valence-electron chi connectivity index (χ4n) is 3.46. The SMILES string of the molecule is CCc1nc(SC(C)C(=O)NC(=O)NC2CCCC2)nc(N)c1-c1ccc(Cl)cc1. The number of benzene rings is 1. The average molecular weight is 448 g/mol. The molecule has 9 heteroatoms. The zero-order valence-electron chi connectivity index (χ0n) is 17.1. The highest BCUT2D eigenvalue weighted by atomic mass is 35.5. The lowest BCUT2D eigenvalue weighted by Crippen LogP contribution is -2.45. The van der Waals surface area contributed by atoms with Gasteiger partial charge in [0.05, 0.1) is 10.9 Å². The number of carbonyl (C=O) groups is 2. The van der Waals surface area contributed by atoms with Gasteiger partial charge in [0.15, 0.2) is 5.16 Å². The summed E-state index contributed by atoms with van der Waals surface area (Å²) in [6.45, 7) is 3.69. The minimum atomic E-state index is -0.551. The molecule has 0 bridgehead atoms. The van der Waals surface area contributed by atoms with Crippen molar-refractivity contribution in [1.29, 1.82) is 0 Å². The number of halogens is 1. The molecule has 7 nitrogen and oxygen atoms in total. The predicted molar refractivity (Wildman–Crippen MR) is 121 cm³/mol. The van der Waals surface area contributed by atoms with E-state index < -0.39 is 17.2 Å². The Bertz CT molecular complexity index is 916. The van der Waals surface area contributed by atoms with Gasteiger partial charge in [-0.15, -0.1) is 0 Å². The van der Waals surface area contributed by atoms with Crippen LogP contribution in [0.25, 0.3) is 11.1 Å². The van der Waals surface area contributed by atoms with E-state index in [1.54, 1.807) is 19.1 Å². The van der Waals surface area contributed by atoms with Crippen LogP contribution in [0.1, 0.15) is 45.2 Å². The van der Waals surface area contributed by atoms with E-state index in [-0.39, 0.29) is 6.04 Å². The van der Waals surface area contributed by atoms with Gasteiger partial charge < -0.3 is 11.1 Å². The van der Waals surface area contributed by atoms with Gasteiger partial charge in [0.25, 0.3) is 0 Å². The van der Waals surface area contributed by atoms with Crippen molar-refractivity contribution in [1.82, 2.24) is 20.6 Å². The van der Waals surface area contributed by atoms with Gasteiger partial charge in [-0.3, -0.25) is 10.1 Å². The van der Waals surface area contributed by atoms with Crippen LogP contribution in [-0.2, 0) is 11.2 Å². The number of urea groups is 1. The van der Waals surface area contributed by atoms with Crippen molar-refractivity contribution in [2.24, 2.45) is 0 Å². The van der Waals surface area contributed by atoms with E-state index >= 15 is 0 Å². The maximum absolute atomic E-state index is 12.4. The number of anilines is 1. The summed E-state index contributed by atoms with van der Waals surface area (Å²) >= 11 is 7.15. The molecule has 0 spiro atoms. The van der Waals surface area contributed by atoms with Crippen LogP contribution in [0.4, 0.5) is 10.6 Å². The number of imide groups is 1. The van der Waals surface area contributed by atoms with E-state index in [2.05, 4.69) is 20.6 Å². The zero-order valence-corrected chi connectivity index (χ0v) is 18.6. The summed E-state index contributed by atoms with van der Waals surface area (Å²) in [5.74, 6) is -0.0456. The Morgan fingerprint density at radius 3 is 2.53 bits per heavy atom. The number of nitrogens with zero attached hydrogens (tertiary/aromatic N) is 2. The number of nitrogens with one attached hydrogen (secondary N) is 2. The van der Waals surface area contributed by atoms with E-state index in [4.69, 9.17) is 17.3 Å². The molecule has 4 N–H and O–H groups in total. The van der Waals surface area contributed by atoms with Crippen molar-refractivity contribution >= 4 is 41.1 Å². The molecule has 1 aromatic carbocycles. The monoisotopic (exact) mass is 447 g/mol. The van der Waals surface area contributed by atoms with Gasteiger partial charge in [0, 0.05) is 16.6 Å². The Balaban J connectivity index is 1.68. The van der Waals surface area contributed by atoms with Crippen LogP contribution in [0.2, 0.25) is 5.02 Å². The van der Waals surface area contributed by atoms with Gasteiger partial charge in [-0.05, 0) is 43.9 Å². The third-order valence-corrected chi connectivity index (χ3v) is 6.25. The number of carbonyl (C=O) groups excluding carboxylic acids is 2. The third-order valence-electron chi connectivity index (χ3n) is 5.04. The van der Waals surface area contributed by atoms with E-state index in [0.717, 1.165) is 42.5 Å². The molecule has 1 aromatic heterocycles. The molecule has 3 amide bonds. The van der Waals surface area contributed by atoms with E-state index in [1.165, 1.54) is 11.8 Å². The van der Waals surface area contributed by atoms with Gasteiger partial charge in [0.2, 0.25) is 5.91 Å². The molecular formula is C21H26ClN5O2S. The van der Waals surface area contributed by atoms with Crippen LogP contribution < -0.4 is 16.4 Å². The maximum atomic E-state index is 12.4. The van der Waals surface area contributed by atoms with E-state index in [1.807, 2.05) is 19.1 Å². The number of aromatic nitrogens is 2. The smallest absolute Gasteiger partial charge is 0.321 e. The molecule has 0 saturated heterocycles. The topological polar surface area (TPSA) is 110 Å². The van der Waals surface area contributed by atoms with Gasteiger partial charge >= 0.3 is 6.03 Å². The molecule has 0 aliphatic heterocycles. The number of nitrogen functional groups attached to an aromatic ring is 1. The minimum Gasteiger partial charge on any atom is -0.383 e. The molecular weight excluding hydrogens is 422 g/mol. The summed E-state index contributed by atoms with van der Waals surface area (Å²) in [5.41, 5.74) is 8.68. The standard InChI is InChI=1S/C21H26ClN5O2S/c1-3-16-17(13-8-10-14(22)11-9-13)18(23)26-21(25-16)30-12(2)19(28)27-20(29)24-15-6-4-5-7-15/h8-12,15H,3-7H2,1-2H3,(H2,23,25,26)(H2,24,27,28,29). The second kappa shape index (κ2) is 10.1. The number of rotatable bonds is 6. The summed E-state index contributed by atoms with van der Waals surface area (Å²) in [5, 5.41) is 5.74. The van der Waals surface area contributed by atoms with Crippen molar-refractivity contribution in [3.05, 3.63) is 35.0 Å². The van der Waals surface area contributed by atoms with Crippen LogP contribution in [0.15, 0.2) is 29.4 Å². The highest BCUT2D eigenvalue weighted by molar-refractivity contribution is 8.00. The molecule has 1 unspecified atom stereocenters. The quantitative estimate of drug-likeness (QED) is 0.452. The van der Waals surface area contributed by atoms with Crippen LogP contribution in [0.5, 0.6) is 0 Å². The van der Waals surface area contributed by atoms with Crippen molar-refractivity contribution < 1.29 is 9.59 Å². The van der Waals surface area contributed by atoms with Crippen molar-refractivity contribution in [3.8, 4) is 11.1 Å². The van der Waals surface area contributed by atoms with Crippen molar-refractivity contribution in [3.63, 3.8) is 0 Å². The molecule has 30 heavy (non-hydrogen) atoms. The summed E-state index contributed by atoms with van der Waals surface area (Å²) < 4.78 is 0. The fraction of sp³-hybridized carbons (Fsp3) is 0.429. The largest absolute Gasteiger partial charge is 0.383 e. The second-order valence-corrected chi connectivity index (χ2v) is 9.02. The first-order valence-corrected chi connectivity index (χ1v) is 11.3. The molecule has 1 saturated carbocycles. The number of hydrogen-bond acceptors (Lipinski definition) is 6. The molecule has 1 aliphatic carbocycles. The Labute approximate surface area is 185 Å². The summed E-state index contributed by atoms with van der Waals surface area (Å²) in [6.07, 6.45) is 4.78. The Hall–Kier alpha value is -2.32. The number of thioether (sulfide) groups is 1. The Morgan fingerprint density at radius 1 is 1.23 bits per heavy atom. The number of hydrogen-bond donors (Lipinski definition) is 3. The first kappa shape index (κ1) is 22.4. The second-order valence-electron chi connectivity index (χ2n) is 7.28. The number of amides is 3. The van der Waals surface area contributed by atoms with Crippen molar-refractivity contribution in [2.45, 2.75) is 62.4 Å². The highest BCUT2D eigenvalue weighted by Crippen LogP contribution is 2.32. The normalized spacial score (nSPS) is 15.0. The third kappa shape index (κ3) is 5.64. The number of aryl methyl sites for hydroxylation is 1. The summed E-state index contributed by atoms with van der Waals surface area (Å²) in [6, 6.07) is 7.04. The predicted octanol–water partition coefficient (Wildman–Crippen LogP) is 4.19. The van der Waals surface area contributed by atoms with Crippen LogP contribution >= 0.6 is 23.4 Å². The molecule has 160 valence electrons. The minimum absolute atomic E-state index is 0.149. The van der Waals surface area contributed by atoms with Gasteiger partial charge in [-0.2, -0.15) is 0 Å². The molecule has 3 rings (SSSR count). The van der Waals surface area contributed by atoms with E-state index in [0.29, 0.717) is 22.4 Å². The molecule has 1 atom stereocenters. The highest BCUT2D eigenvalue weighted by Gasteiger charge is 2.23. The summed E-state index contributed by atoms with van der Waals surface area (Å²) in [7, 11) is 0. The fourth-order valence-corrected chi connectivity index (χ4v) is 4.38. The average Bonchev–Trinajstić information content (AvgIpc) is 3.21. The molecule has 1 fully saturated rings. The van der Waals surface area contributed by atoms with Gasteiger partial charge in [-0.1, -0.05) is 55.3 Å². The molecule has 1 aliphatic rings. The maximum Gasteiger partial charge on any atom is 0.321 e. The lowest BCUT2D eigenvalue weighted by molar-refractivity contribution is -0.119. The lowest BCUT2D eigenvalue weighted by Gasteiger charge is -2.16. The van der Waals surface area contributed by atoms with Crippen LogP contribution in [-0.4, -0.2) is 33.2 Å². The first-order chi connectivity index (χ1) is 14.4.